The lowest BCUT2D eigenvalue weighted by Gasteiger charge is -2.34. The van der Waals surface area contributed by atoms with Crippen LogP contribution in [0.15, 0.2) is 0 Å². The first-order valence-electron chi connectivity index (χ1n) is 4.47. The molecule has 0 amide bonds. The Bertz CT molecular complexity index is 185. The smallest absolute Gasteiger partial charge is 0.310 e. The summed E-state index contributed by atoms with van der Waals surface area (Å²) in [7, 11) is 1.67. The van der Waals surface area contributed by atoms with Gasteiger partial charge in [-0.2, -0.15) is 0 Å². The van der Waals surface area contributed by atoms with Crippen LogP contribution in [-0.2, 0) is 9.53 Å². The molecular weight excluding hydrogens is 192 g/mol. The van der Waals surface area contributed by atoms with Gasteiger partial charge in [0, 0.05) is 13.0 Å². The van der Waals surface area contributed by atoms with Crippen LogP contribution in [-0.4, -0.2) is 30.2 Å². The maximum atomic E-state index is 11.0. The van der Waals surface area contributed by atoms with Crippen LogP contribution in [0.2, 0.25) is 0 Å². The van der Waals surface area contributed by atoms with Gasteiger partial charge in [-0.1, -0.05) is 0 Å². The molecule has 1 fully saturated rings. The Hall–Kier alpha value is -0.280. The summed E-state index contributed by atoms with van der Waals surface area (Å²) in [5, 5.41) is 9.02. The number of methoxy groups -OCH3 is 1. The average molecular weight is 207 g/mol. The zero-order chi connectivity index (χ0) is 9.90. The highest BCUT2D eigenvalue weighted by Gasteiger charge is 2.41. The zero-order valence-corrected chi connectivity index (χ0v) is 8.51. The van der Waals surface area contributed by atoms with Crippen molar-refractivity contribution in [3.8, 4) is 0 Å². The van der Waals surface area contributed by atoms with Gasteiger partial charge in [0.25, 0.3) is 0 Å². The van der Waals surface area contributed by atoms with Crippen LogP contribution in [0.5, 0.6) is 0 Å². The maximum absolute atomic E-state index is 11.0. The quantitative estimate of drug-likeness (QED) is 0.718. The Morgan fingerprint density at radius 3 is 2.46 bits per heavy atom. The number of carboxylic acid groups (broad SMARTS) is 1. The van der Waals surface area contributed by atoms with Crippen molar-refractivity contribution < 1.29 is 14.6 Å². The number of rotatable bonds is 3. The first kappa shape index (κ1) is 10.8. The summed E-state index contributed by atoms with van der Waals surface area (Å²) in [6, 6.07) is 0. The first-order valence-corrected chi connectivity index (χ1v) is 5.00. The summed E-state index contributed by atoms with van der Waals surface area (Å²) in [4.78, 5) is 11.0. The second-order valence-electron chi connectivity index (χ2n) is 3.65. The average Bonchev–Trinajstić information content (AvgIpc) is 2.17. The minimum atomic E-state index is -0.767. The Labute approximate surface area is 83.0 Å². The zero-order valence-electron chi connectivity index (χ0n) is 7.75. The molecule has 13 heavy (non-hydrogen) atoms. The van der Waals surface area contributed by atoms with Crippen LogP contribution < -0.4 is 0 Å². The Balaban J connectivity index is 2.58. The molecule has 3 nitrogen and oxygen atoms in total. The molecule has 0 saturated heterocycles. The van der Waals surface area contributed by atoms with Crippen molar-refractivity contribution in [2.24, 2.45) is 5.41 Å². The SMILES string of the molecule is COC1CCC(CCl)(C(=O)O)CC1. The molecule has 1 saturated carbocycles. The molecule has 0 unspecified atom stereocenters. The summed E-state index contributed by atoms with van der Waals surface area (Å²) in [6.07, 6.45) is 3.08. The minimum Gasteiger partial charge on any atom is -0.481 e. The number of carboxylic acids is 1. The third-order valence-electron chi connectivity index (χ3n) is 2.93. The van der Waals surface area contributed by atoms with E-state index in [9.17, 15) is 4.79 Å². The Kier molecular flexibility index (Phi) is 3.56. The monoisotopic (exact) mass is 206 g/mol. The van der Waals surface area contributed by atoms with Gasteiger partial charge < -0.3 is 9.84 Å². The highest BCUT2D eigenvalue weighted by Crippen LogP contribution is 2.38. The highest BCUT2D eigenvalue weighted by molar-refractivity contribution is 6.19. The largest absolute Gasteiger partial charge is 0.481 e. The normalized spacial score (nSPS) is 34.5. The van der Waals surface area contributed by atoms with Gasteiger partial charge >= 0.3 is 5.97 Å². The molecule has 1 aliphatic carbocycles. The predicted octanol–water partition coefficient (Wildman–Crippen LogP) is 1.89. The molecule has 0 bridgehead atoms. The van der Waals surface area contributed by atoms with Crippen molar-refractivity contribution in [2.45, 2.75) is 31.8 Å². The minimum absolute atomic E-state index is 0.207. The topological polar surface area (TPSA) is 46.5 Å². The lowest BCUT2D eigenvalue weighted by atomic mass is 9.74. The third-order valence-corrected chi connectivity index (χ3v) is 3.44. The van der Waals surface area contributed by atoms with Crippen LogP contribution in [0.1, 0.15) is 25.7 Å². The highest BCUT2D eigenvalue weighted by atomic mass is 35.5. The van der Waals surface area contributed by atoms with E-state index < -0.39 is 11.4 Å². The fraction of sp³-hybridized carbons (Fsp3) is 0.889. The molecule has 0 radical (unpaired) electrons. The standard InChI is InChI=1S/C9H15ClO3/c1-13-7-2-4-9(6-10,5-3-7)8(11)12/h7H,2-6H2,1H3,(H,11,12). The molecule has 76 valence electrons. The molecule has 0 aliphatic heterocycles. The summed E-state index contributed by atoms with van der Waals surface area (Å²) in [6.45, 7) is 0. The van der Waals surface area contributed by atoms with Crippen LogP contribution in [0, 0.1) is 5.41 Å². The van der Waals surface area contributed by atoms with Crippen molar-refractivity contribution in [2.75, 3.05) is 13.0 Å². The molecule has 0 spiro atoms. The summed E-state index contributed by atoms with van der Waals surface area (Å²) < 4.78 is 5.17. The van der Waals surface area contributed by atoms with Crippen molar-refractivity contribution in [3.05, 3.63) is 0 Å². The van der Waals surface area contributed by atoms with E-state index in [4.69, 9.17) is 21.4 Å². The van der Waals surface area contributed by atoms with Crippen molar-refractivity contribution in [1.29, 1.82) is 0 Å². The summed E-state index contributed by atoms with van der Waals surface area (Å²) in [5.41, 5.74) is -0.698. The summed E-state index contributed by atoms with van der Waals surface area (Å²) >= 11 is 5.70. The number of halogens is 1. The number of alkyl halides is 1. The maximum Gasteiger partial charge on any atom is 0.310 e. The first-order chi connectivity index (χ1) is 6.14. The predicted molar refractivity (Wildman–Crippen MR) is 50.1 cm³/mol. The van der Waals surface area contributed by atoms with Gasteiger partial charge in [0.15, 0.2) is 0 Å². The van der Waals surface area contributed by atoms with E-state index >= 15 is 0 Å². The lowest BCUT2D eigenvalue weighted by molar-refractivity contribution is -0.150. The Morgan fingerprint density at radius 1 is 1.62 bits per heavy atom. The fourth-order valence-corrected chi connectivity index (χ4v) is 2.17. The molecule has 1 aliphatic rings. The molecule has 0 heterocycles. The molecular formula is C9H15ClO3. The van der Waals surface area contributed by atoms with E-state index in [0.717, 1.165) is 12.8 Å². The number of aliphatic carboxylic acids is 1. The fourth-order valence-electron chi connectivity index (χ4n) is 1.78. The van der Waals surface area contributed by atoms with Crippen LogP contribution >= 0.6 is 11.6 Å². The van der Waals surface area contributed by atoms with Gasteiger partial charge in [-0.3, -0.25) is 4.79 Å². The van der Waals surface area contributed by atoms with Gasteiger partial charge in [0.1, 0.15) is 0 Å². The number of ether oxygens (including phenoxy) is 1. The van der Waals surface area contributed by atoms with E-state index in [2.05, 4.69) is 0 Å². The van der Waals surface area contributed by atoms with E-state index in [1.54, 1.807) is 7.11 Å². The van der Waals surface area contributed by atoms with Crippen molar-refractivity contribution >= 4 is 17.6 Å². The van der Waals surface area contributed by atoms with Gasteiger partial charge in [0.2, 0.25) is 0 Å². The number of hydrogen-bond donors (Lipinski definition) is 1. The van der Waals surface area contributed by atoms with Gasteiger partial charge in [0.05, 0.1) is 11.5 Å². The van der Waals surface area contributed by atoms with Crippen molar-refractivity contribution in [3.63, 3.8) is 0 Å². The molecule has 0 aromatic rings. The Morgan fingerprint density at radius 2 is 2.15 bits per heavy atom. The molecule has 0 aromatic heterocycles. The second-order valence-corrected chi connectivity index (χ2v) is 3.92. The number of hydrogen-bond acceptors (Lipinski definition) is 2. The second kappa shape index (κ2) is 4.29. The van der Waals surface area contributed by atoms with Crippen LogP contribution in [0.4, 0.5) is 0 Å². The molecule has 1 N–H and O–H groups in total. The lowest BCUT2D eigenvalue weighted by Crippen LogP contribution is -2.38. The molecule has 0 atom stereocenters. The van der Waals surface area contributed by atoms with Gasteiger partial charge in [-0.25, -0.2) is 0 Å². The third kappa shape index (κ3) is 2.15. The summed E-state index contributed by atoms with van der Waals surface area (Å²) in [5.74, 6) is -0.560. The van der Waals surface area contributed by atoms with E-state index in [1.165, 1.54) is 0 Å². The van der Waals surface area contributed by atoms with Gasteiger partial charge in [-0.15, -0.1) is 11.6 Å². The van der Waals surface area contributed by atoms with Crippen LogP contribution in [0.3, 0.4) is 0 Å². The van der Waals surface area contributed by atoms with Crippen LogP contribution in [0.25, 0.3) is 0 Å². The molecule has 1 rings (SSSR count). The van der Waals surface area contributed by atoms with E-state index in [0.29, 0.717) is 12.8 Å². The molecule has 4 heteroatoms. The van der Waals surface area contributed by atoms with Crippen molar-refractivity contribution in [1.82, 2.24) is 0 Å². The number of carbonyl (C=O) groups is 1. The van der Waals surface area contributed by atoms with E-state index in [1.807, 2.05) is 0 Å². The van der Waals surface area contributed by atoms with E-state index in [-0.39, 0.29) is 12.0 Å². The molecule has 0 aromatic carbocycles. The van der Waals surface area contributed by atoms with Gasteiger partial charge in [-0.05, 0) is 25.7 Å².